The smallest absolute Gasteiger partial charge is 0.407 e. The highest BCUT2D eigenvalue weighted by Crippen LogP contribution is 2.26. The lowest BCUT2D eigenvalue weighted by Crippen LogP contribution is -2.42. The van der Waals surface area contributed by atoms with Gasteiger partial charge in [0, 0.05) is 23.8 Å². The summed E-state index contributed by atoms with van der Waals surface area (Å²) in [6, 6.07) is 8.12. The molecule has 1 aliphatic rings. The van der Waals surface area contributed by atoms with E-state index in [1.54, 1.807) is 13.2 Å². The van der Waals surface area contributed by atoms with Crippen LogP contribution in [0.1, 0.15) is 52.0 Å². The highest BCUT2D eigenvalue weighted by Gasteiger charge is 2.24. The Morgan fingerprint density at radius 1 is 1.20 bits per heavy atom. The molecule has 1 aromatic rings. The topological polar surface area (TPSA) is 83.4 Å². The fraction of sp³-hybridized carbons (Fsp3) is 0.579. The average Bonchev–Trinajstić information content (AvgIpc) is 2.54. The number of alkyl carbamates (subject to hydrolysis) is 1. The van der Waals surface area contributed by atoms with Crippen LogP contribution in [0.3, 0.4) is 0 Å². The van der Waals surface area contributed by atoms with Gasteiger partial charge in [0.05, 0.1) is 12.7 Å². The molecular formula is C19H27N3O3. The van der Waals surface area contributed by atoms with Gasteiger partial charge in [-0.25, -0.2) is 4.79 Å². The Hall–Kier alpha value is -2.42. The number of benzene rings is 1. The molecule has 2 rings (SSSR count). The van der Waals surface area contributed by atoms with Crippen LogP contribution in [0, 0.1) is 11.3 Å². The second-order valence-corrected chi connectivity index (χ2v) is 7.37. The molecule has 0 saturated heterocycles. The molecule has 136 valence electrons. The standard InChI is InChI=1S/C19H27N3O3/c1-19(2,3)25-18(23)22-15-9-7-14(8-10-15)21-16-6-5-13(12-20)17(11-16)24-4/h5-6,11,14-15,21H,7-10H2,1-4H3,(H,22,23)/t14-,15+. The monoisotopic (exact) mass is 345 g/mol. The summed E-state index contributed by atoms with van der Waals surface area (Å²) in [7, 11) is 1.56. The van der Waals surface area contributed by atoms with Crippen molar-refractivity contribution in [3.05, 3.63) is 23.8 Å². The Bertz CT molecular complexity index is 638. The molecule has 1 saturated carbocycles. The summed E-state index contributed by atoms with van der Waals surface area (Å²) in [5.41, 5.74) is 0.995. The Kier molecular flexibility index (Phi) is 6.13. The molecule has 0 heterocycles. The van der Waals surface area contributed by atoms with Crippen molar-refractivity contribution in [2.45, 2.75) is 64.1 Å². The van der Waals surface area contributed by atoms with Crippen LogP contribution in [-0.2, 0) is 4.74 Å². The van der Waals surface area contributed by atoms with Crippen molar-refractivity contribution in [3.8, 4) is 11.8 Å². The molecule has 2 N–H and O–H groups in total. The van der Waals surface area contributed by atoms with Crippen LogP contribution in [0.25, 0.3) is 0 Å². The van der Waals surface area contributed by atoms with Crippen LogP contribution < -0.4 is 15.4 Å². The van der Waals surface area contributed by atoms with Gasteiger partial charge in [0.15, 0.2) is 0 Å². The van der Waals surface area contributed by atoms with Crippen LogP contribution in [0.2, 0.25) is 0 Å². The van der Waals surface area contributed by atoms with Gasteiger partial charge in [-0.1, -0.05) is 0 Å². The van der Waals surface area contributed by atoms with E-state index < -0.39 is 5.60 Å². The van der Waals surface area contributed by atoms with Crippen LogP contribution in [0.5, 0.6) is 5.75 Å². The normalized spacial score (nSPS) is 20.3. The number of nitrogens with one attached hydrogen (secondary N) is 2. The summed E-state index contributed by atoms with van der Waals surface area (Å²) in [5, 5.41) is 15.5. The molecule has 1 aromatic carbocycles. The van der Waals surface area contributed by atoms with E-state index in [0.29, 0.717) is 17.4 Å². The first kappa shape index (κ1) is 18.9. The van der Waals surface area contributed by atoms with Crippen molar-refractivity contribution >= 4 is 11.8 Å². The molecule has 0 aliphatic heterocycles. The van der Waals surface area contributed by atoms with Gasteiger partial charge in [-0.3, -0.25) is 0 Å². The van der Waals surface area contributed by atoms with Gasteiger partial charge < -0.3 is 20.1 Å². The predicted octanol–water partition coefficient (Wildman–Crippen LogP) is 3.81. The number of carbonyl (C=O) groups excluding carboxylic acids is 1. The van der Waals surface area contributed by atoms with E-state index >= 15 is 0 Å². The highest BCUT2D eigenvalue weighted by molar-refractivity contribution is 5.68. The molecule has 0 aromatic heterocycles. The molecule has 25 heavy (non-hydrogen) atoms. The van der Waals surface area contributed by atoms with Crippen molar-refractivity contribution in [2.75, 3.05) is 12.4 Å². The summed E-state index contributed by atoms with van der Waals surface area (Å²) in [6.45, 7) is 5.58. The van der Waals surface area contributed by atoms with Gasteiger partial charge in [-0.15, -0.1) is 0 Å². The first-order chi connectivity index (χ1) is 11.8. The van der Waals surface area contributed by atoms with E-state index in [0.717, 1.165) is 31.4 Å². The third-order valence-corrected chi connectivity index (χ3v) is 4.14. The molecule has 6 nitrogen and oxygen atoms in total. The Morgan fingerprint density at radius 2 is 1.84 bits per heavy atom. The molecule has 1 amide bonds. The van der Waals surface area contributed by atoms with Crippen molar-refractivity contribution in [3.63, 3.8) is 0 Å². The lowest BCUT2D eigenvalue weighted by molar-refractivity contribution is 0.0492. The minimum atomic E-state index is -0.475. The van der Waals surface area contributed by atoms with Gasteiger partial charge in [0.2, 0.25) is 0 Å². The van der Waals surface area contributed by atoms with E-state index in [9.17, 15) is 4.79 Å². The maximum absolute atomic E-state index is 11.8. The summed E-state index contributed by atoms with van der Waals surface area (Å²) in [6.07, 6.45) is 3.39. The Labute approximate surface area is 149 Å². The maximum atomic E-state index is 11.8. The minimum absolute atomic E-state index is 0.156. The zero-order chi connectivity index (χ0) is 18.4. The van der Waals surface area contributed by atoms with Gasteiger partial charge in [-0.05, 0) is 58.6 Å². The zero-order valence-corrected chi connectivity index (χ0v) is 15.4. The molecule has 0 radical (unpaired) electrons. The van der Waals surface area contributed by atoms with Gasteiger partial charge in [0.1, 0.15) is 17.4 Å². The number of carbonyl (C=O) groups is 1. The number of hydrogen-bond acceptors (Lipinski definition) is 5. The maximum Gasteiger partial charge on any atom is 0.407 e. The molecule has 0 atom stereocenters. The number of nitriles is 1. The second kappa shape index (κ2) is 8.11. The van der Waals surface area contributed by atoms with Crippen molar-refractivity contribution in [1.29, 1.82) is 5.26 Å². The van der Waals surface area contributed by atoms with Crippen LogP contribution in [-0.4, -0.2) is 30.9 Å². The van der Waals surface area contributed by atoms with E-state index in [2.05, 4.69) is 16.7 Å². The number of methoxy groups -OCH3 is 1. The summed E-state index contributed by atoms with van der Waals surface area (Å²) in [4.78, 5) is 11.8. The third-order valence-electron chi connectivity index (χ3n) is 4.14. The third kappa shape index (κ3) is 5.86. The fourth-order valence-corrected chi connectivity index (χ4v) is 2.97. The molecule has 0 bridgehead atoms. The summed E-state index contributed by atoms with van der Waals surface area (Å²) < 4.78 is 10.5. The molecule has 1 aliphatic carbocycles. The van der Waals surface area contributed by atoms with E-state index in [4.69, 9.17) is 14.7 Å². The van der Waals surface area contributed by atoms with Crippen LogP contribution in [0.4, 0.5) is 10.5 Å². The Balaban J connectivity index is 1.83. The van der Waals surface area contributed by atoms with Gasteiger partial charge in [0.25, 0.3) is 0 Å². The lowest BCUT2D eigenvalue weighted by atomic mass is 9.91. The van der Waals surface area contributed by atoms with Crippen molar-refractivity contribution < 1.29 is 14.3 Å². The van der Waals surface area contributed by atoms with Crippen LogP contribution >= 0.6 is 0 Å². The quantitative estimate of drug-likeness (QED) is 0.867. The number of hydrogen-bond donors (Lipinski definition) is 2. The lowest BCUT2D eigenvalue weighted by Gasteiger charge is -2.31. The molecule has 0 spiro atoms. The molecule has 6 heteroatoms. The van der Waals surface area contributed by atoms with Gasteiger partial charge in [-0.2, -0.15) is 5.26 Å². The number of anilines is 1. The summed E-state index contributed by atoms with van der Waals surface area (Å²) >= 11 is 0. The van der Waals surface area contributed by atoms with Crippen molar-refractivity contribution in [2.24, 2.45) is 0 Å². The average molecular weight is 345 g/mol. The second-order valence-electron chi connectivity index (χ2n) is 7.37. The first-order valence-electron chi connectivity index (χ1n) is 8.65. The highest BCUT2D eigenvalue weighted by atomic mass is 16.6. The summed E-state index contributed by atoms with van der Waals surface area (Å²) in [5.74, 6) is 0.577. The minimum Gasteiger partial charge on any atom is -0.495 e. The van der Waals surface area contributed by atoms with E-state index in [-0.39, 0.29) is 12.1 Å². The molecular weight excluding hydrogens is 318 g/mol. The predicted molar refractivity (Wildman–Crippen MR) is 96.7 cm³/mol. The molecule has 1 fully saturated rings. The number of ether oxygens (including phenoxy) is 2. The van der Waals surface area contributed by atoms with E-state index in [1.807, 2.05) is 32.9 Å². The largest absolute Gasteiger partial charge is 0.495 e. The molecule has 0 unspecified atom stereocenters. The number of nitrogens with zero attached hydrogens (tertiary/aromatic N) is 1. The van der Waals surface area contributed by atoms with Crippen molar-refractivity contribution in [1.82, 2.24) is 5.32 Å². The van der Waals surface area contributed by atoms with E-state index in [1.165, 1.54) is 0 Å². The fourth-order valence-electron chi connectivity index (χ4n) is 2.97. The number of amides is 1. The zero-order valence-electron chi connectivity index (χ0n) is 15.4. The Morgan fingerprint density at radius 3 is 2.40 bits per heavy atom. The van der Waals surface area contributed by atoms with Crippen LogP contribution in [0.15, 0.2) is 18.2 Å². The SMILES string of the molecule is COc1cc(N[C@H]2CC[C@@H](NC(=O)OC(C)(C)C)CC2)ccc1C#N. The number of rotatable bonds is 4. The first-order valence-corrected chi connectivity index (χ1v) is 8.65. The van der Waals surface area contributed by atoms with Gasteiger partial charge >= 0.3 is 6.09 Å².